The Balaban J connectivity index is 1.41. The minimum absolute atomic E-state index is 0.267. The summed E-state index contributed by atoms with van der Waals surface area (Å²) in [5, 5.41) is 3.60. The van der Waals surface area contributed by atoms with Gasteiger partial charge in [0.15, 0.2) is 0 Å². The summed E-state index contributed by atoms with van der Waals surface area (Å²) in [6, 6.07) is 0.694. The van der Waals surface area contributed by atoms with Crippen molar-refractivity contribution in [3.63, 3.8) is 0 Å². The van der Waals surface area contributed by atoms with E-state index in [9.17, 15) is 0 Å². The van der Waals surface area contributed by atoms with E-state index in [1.165, 1.54) is 12.8 Å². The Morgan fingerprint density at radius 2 is 2.33 bits per heavy atom. The number of allylic oxidation sites excluding steroid dienone is 1. The van der Waals surface area contributed by atoms with Crippen LogP contribution in [0.4, 0.5) is 0 Å². The van der Waals surface area contributed by atoms with Crippen molar-refractivity contribution in [1.82, 2.24) is 5.32 Å². The molecule has 3 rings (SSSR count). The summed E-state index contributed by atoms with van der Waals surface area (Å²) in [4.78, 5) is 0. The first-order valence-electron chi connectivity index (χ1n) is 6.03. The van der Waals surface area contributed by atoms with Gasteiger partial charge in [-0.3, -0.25) is 0 Å². The maximum atomic E-state index is 5.60. The molecule has 15 heavy (non-hydrogen) atoms. The maximum absolute atomic E-state index is 5.60. The van der Waals surface area contributed by atoms with Crippen molar-refractivity contribution in [2.24, 2.45) is 11.8 Å². The van der Waals surface area contributed by atoms with Gasteiger partial charge in [0.05, 0.1) is 25.9 Å². The van der Waals surface area contributed by atoms with Gasteiger partial charge in [-0.15, -0.1) is 0 Å². The molecule has 1 aliphatic heterocycles. The lowest BCUT2D eigenvalue weighted by Crippen LogP contribution is -2.51. The van der Waals surface area contributed by atoms with Crippen LogP contribution in [0.2, 0.25) is 0 Å². The number of fused-ring (bicyclic) bond motifs is 1. The lowest BCUT2D eigenvalue weighted by atomic mass is 9.71. The summed E-state index contributed by atoms with van der Waals surface area (Å²) in [5.41, 5.74) is 0. The zero-order chi connectivity index (χ0) is 10.1. The molecule has 4 unspecified atom stereocenters. The van der Waals surface area contributed by atoms with Crippen molar-refractivity contribution in [2.75, 3.05) is 26.4 Å². The van der Waals surface area contributed by atoms with E-state index in [2.05, 4.69) is 17.5 Å². The largest absolute Gasteiger partial charge is 0.376 e. The van der Waals surface area contributed by atoms with Crippen LogP contribution in [0, 0.1) is 11.8 Å². The molecule has 1 heterocycles. The fraction of sp³-hybridized carbons (Fsp3) is 0.833. The molecule has 0 bridgehead atoms. The Hall–Kier alpha value is -0.380. The molecule has 0 aromatic carbocycles. The second-order valence-electron chi connectivity index (χ2n) is 4.82. The molecule has 2 fully saturated rings. The van der Waals surface area contributed by atoms with Crippen molar-refractivity contribution in [1.29, 1.82) is 0 Å². The summed E-state index contributed by atoms with van der Waals surface area (Å²) in [6.45, 7) is 3.21. The van der Waals surface area contributed by atoms with Gasteiger partial charge in [-0.1, -0.05) is 12.2 Å². The minimum Gasteiger partial charge on any atom is -0.376 e. The molecule has 3 nitrogen and oxygen atoms in total. The summed E-state index contributed by atoms with van der Waals surface area (Å²) < 4.78 is 11.0. The molecule has 3 aliphatic rings. The van der Waals surface area contributed by atoms with Crippen molar-refractivity contribution in [3.05, 3.63) is 12.2 Å². The van der Waals surface area contributed by atoms with Gasteiger partial charge in [-0.25, -0.2) is 0 Å². The van der Waals surface area contributed by atoms with E-state index < -0.39 is 0 Å². The van der Waals surface area contributed by atoms with Gasteiger partial charge in [-0.05, 0) is 24.7 Å². The fourth-order valence-electron chi connectivity index (χ4n) is 2.88. The molecule has 1 N–H and O–H groups in total. The van der Waals surface area contributed by atoms with Crippen LogP contribution < -0.4 is 5.32 Å². The Morgan fingerprint density at radius 3 is 3.13 bits per heavy atom. The van der Waals surface area contributed by atoms with Crippen molar-refractivity contribution in [3.8, 4) is 0 Å². The van der Waals surface area contributed by atoms with Gasteiger partial charge < -0.3 is 14.8 Å². The van der Waals surface area contributed by atoms with Crippen molar-refractivity contribution < 1.29 is 9.47 Å². The number of ether oxygens (including phenoxy) is 2. The van der Waals surface area contributed by atoms with Crippen LogP contribution in [0.1, 0.15) is 12.8 Å². The van der Waals surface area contributed by atoms with Gasteiger partial charge in [0.1, 0.15) is 0 Å². The summed E-state index contributed by atoms with van der Waals surface area (Å²) in [5.74, 6) is 1.74. The number of hydrogen-bond donors (Lipinski definition) is 1. The predicted octanol–water partition coefficient (Wildman–Crippen LogP) is 0.956. The van der Waals surface area contributed by atoms with E-state index in [1.54, 1.807) is 0 Å². The number of hydrogen-bond acceptors (Lipinski definition) is 3. The van der Waals surface area contributed by atoms with Crippen LogP contribution in [0.25, 0.3) is 0 Å². The molecule has 0 spiro atoms. The Labute approximate surface area is 90.8 Å². The highest BCUT2D eigenvalue weighted by molar-refractivity contribution is 5.12. The first kappa shape index (κ1) is 9.82. The molecular weight excluding hydrogens is 190 g/mol. The highest BCUT2D eigenvalue weighted by Crippen LogP contribution is 2.42. The van der Waals surface area contributed by atoms with Gasteiger partial charge in [-0.2, -0.15) is 0 Å². The predicted molar refractivity (Wildman–Crippen MR) is 57.7 cm³/mol. The summed E-state index contributed by atoms with van der Waals surface area (Å²) in [7, 11) is 0. The Bertz CT molecular complexity index is 248. The lowest BCUT2D eigenvalue weighted by molar-refractivity contribution is -0.0887. The first-order valence-corrected chi connectivity index (χ1v) is 6.03. The Morgan fingerprint density at radius 1 is 1.33 bits per heavy atom. The summed E-state index contributed by atoms with van der Waals surface area (Å²) in [6.07, 6.45) is 7.61. The van der Waals surface area contributed by atoms with Gasteiger partial charge in [0.2, 0.25) is 0 Å². The maximum Gasteiger partial charge on any atom is 0.0933 e. The van der Waals surface area contributed by atoms with Crippen molar-refractivity contribution in [2.45, 2.75) is 25.0 Å². The van der Waals surface area contributed by atoms with Gasteiger partial charge in [0.25, 0.3) is 0 Å². The molecular formula is C12H19NO2. The van der Waals surface area contributed by atoms with Crippen LogP contribution in [-0.4, -0.2) is 38.5 Å². The molecule has 0 amide bonds. The van der Waals surface area contributed by atoms with E-state index in [0.29, 0.717) is 6.04 Å². The van der Waals surface area contributed by atoms with Crippen LogP contribution >= 0.6 is 0 Å². The Kier molecular flexibility index (Phi) is 2.77. The number of rotatable bonds is 3. The van der Waals surface area contributed by atoms with E-state index in [4.69, 9.17) is 9.47 Å². The van der Waals surface area contributed by atoms with E-state index in [-0.39, 0.29) is 6.10 Å². The molecule has 0 radical (unpaired) electrons. The highest BCUT2D eigenvalue weighted by Gasteiger charge is 2.40. The number of nitrogens with one attached hydrogen (secondary N) is 1. The minimum atomic E-state index is 0.267. The molecule has 1 saturated heterocycles. The smallest absolute Gasteiger partial charge is 0.0933 e. The molecule has 3 heteroatoms. The SMILES string of the molecule is C1=CC2C(C1)CC2NCC1COCCO1. The second kappa shape index (κ2) is 4.24. The molecule has 2 aliphatic carbocycles. The summed E-state index contributed by atoms with van der Waals surface area (Å²) >= 11 is 0. The van der Waals surface area contributed by atoms with Crippen LogP contribution in [0.15, 0.2) is 12.2 Å². The third-order valence-corrected chi connectivity index (χ3v) is 3.86. The topological polar surface area (TPSA) is 30.5 Å². The highest BCUT2D eigenvalue weighted by atomic mass is 16.6. The monoisotopic (exact) mass is 209 g/mol. The van der Waals surface area contributed by atoms with Gasteiger partial charge in [0, 0.05) is 12.6 Å². The molecule has 1 saturated carbocycles. The van der Waals surface area contributed by atoms with Crippen LogP contribution in [0.5, 0.6) is 0 Å². The molecule has 4 atom stereocenters. The van der Waals surface area contributed by atoms with Crippen LogP contribution in [-0.2, 0) is 9.47 Å². The van der Waals surface area contributed by atoms with Crippen molar-refractivity contribution >= 4 is 0 Å². The molecule has 84 valence electrons. The zero-order valence-corrected chi connectivity index (χ0v) is 9.02. The second-order valence-corrected chi connectivity index (χ2v) is 4.82. The third-order valence-electron chi connectivity index (χ3n) is 3.86. The lowest BCUT2D eigenvalue weighted by Gasteiger charge is -2.41. The van der Waals surface area contributed by atoms with Gasteiger partial charge >= 0.3 is 0 Å². The quantitative estimate of drug-likeness (QED) is 0.702. The third kappa shape index (κ3) is 1.96. The standard InChI is InChI=1S/C12H19NO2/c1-2-9-6-12(11(9)3-1)13-7-10-8-14-4-5-15-10/h1,3,9-13H,2,4-8H2. The first-order chi connectivity index (χ1) is 7.43. The van der Waals surface area contributed by atoms with E-state index >= 15 is 0 Å². The fourth-order valence-corrected chi connectivity index (χ4v) is 2.88. The molecule has 0 aromatic heterocycles. The average Bonchev–Trinajstić information content (AvgIpc) is 2.62. The van der Waals surface area contributed by atoms with Crippen LogP contribution in [0.3, 0.4) is 0 Å². The van der Waals surface area contributed by atoms with E-state index in [0.717, 1.165) is 38.2 Å². The zero-order valence-electron chi connectivity index (χ0n) is 9.02. The average molecular weight is 209 g/mol. The molecule has 0 aromatic rings. The van der Waals surface area contributed by atoms with E-state index in [1.807, 2.05) is 0 Å². The normalized spacial score (nSPS) is 43.7.